The third kappa shape index (κ3) is 2.92. The minimum atomic E-state index is -0.403. The van der Waals surface area contributed by atoms with E-state index in [1.807, 2.05) is 6.92 Å². The average Bonchev–Trinajstić information content (AvgIpc) is 2.16. The molecule has 0 atom stereocenters. The van der Waals surface area contributed by atoms with E-state index in [2.05, 4.69) is 4.89 Å². The van der Waals surface area contributed by atoms with Crippen LogP contribution in [-0.4, -0.2) is 5.97 Å². The zero-order valence-electron chi connectivity index (χ0n) is 8.04. The summed E-state index contributed by atoms with van der Waals surface area (Å²) in [6.07, 6.45) is 0.284. The molecule has 0 amide bonds. The molecule has 0 bridgehead atoms. The molecule has 0 saturated heterocycles. The van der Waals surface area contributed by atoms with Gasteiger partial charge in [0.15, 0.2) is 5.75 Å². The fraction of sp³-hybridized carbons (Fsp3) is 0.300. The second kappa shape index (κ2) is 4.86. The van der Waals surface area contributed by atoms with E-state index >= 15 is 0 Å². The number of carbonyl (C=O) groups excluding carboxylic acids is 1. The van der Waals surface area contributed by atoms with E-state index in [-0.39, 0.29) is 6.42 Å². The zero-order chi connectivity index (χ0) is 10.6. The summed E-state index contributed by atoms with van der Waals surface area (Å²) >= 11 is 5.74. The first-order valence-corrected chi connectivity index (χ1v) is 4.64. The van der Waals surface area contributed by atoms with Gasteiger partial charge in [0.1, 0.15) is 0 Å². The average molecular weight is 215 g/mol. The Morgan fingerprint density at radius 2 is 2.21 bits per heavy atom. The lowest BCUT2D eigenvalue weighted by Crippen LogP contribution is -2.06. The van der Waals surface area contributed by atoms with Crippen LogP contribution in [0.3, 0.4) is 0 Å². The third-order valence-corrected chi connectivity index (χ3v) is 1.89. The Labute approximate surface area is 87.5 Å². The topological polar surface area (TPSA) is 35.5 Å². The van der Waals surface area contributed by atoms with Gasteiger partial charge in [-0.2, -0.15) is 0 Å². The maximum Gasteiger partial charge on any atom is 0.355 e. The van der Waals surface area contributed by atoms with Gasteiger partial charge >= 0.3 is 5.97 Å². The van der Waals surface area contributed by atoms with Gasteiger partial charge in [0.25, 0.3) is 0 Å². The molecule has 1 rings (SSSR count). The van der Waals surface area contributed by atoms with Crippen LogP contribution >= 0.6 is 11.6 Å². The summed E-state index contributed by atoms with van der Waals surface area (Å²) in [7, 11) is 0. The predicted molar refractivity (Wildman–Crippen MR) is 53.2 cm³/mol. The summed E-state index contributed by atoms with van der Waals surface area (Å²) in [6, 6.07) is 5.06. The summed E-state index contributed by atoms with van der Waals surface area (Å²) in [5.74, 6) is 0.0931. The van der Waals surface area contributed by atoms with E-state index in [0.29, 0.717) is 10.8 Å². The molecule has 0 fully saturated rings. The van der Waals surface area contributed by atoms with Gasteiger partial charge in [-0.05, 0) is 30.7 Å². The van der Waals surface area contributed by atoms with Gasteiger partial charge in [0.2, 0.25) is 0 Å². The molecule has 0 N–H and O–H groups in total. The summed E-state index contributed by atoms with van der Waals surface area (Å²) in [6.45, 7) is 3.52. The van der Waals surface area contributed by atoms with Crippen molar-refractivity contribution in [3.8, 4) is 5.75 Å². The summed E-state index contributed by atoms with van der Waals surface area (Å²) in [5, 5.41) is 0.622. The van der Waals surface area contributed by atoms with E-state index in [1.54, 1.807) is 25.1 Å². The standard InChI is InChI=1S/C10H11ClO3/c1-3-10(12)14-13-9-5-4-8(11)6-7(9)2/h4-6H,3H2,1-2H3. The second-order valence-electron chi connectivity index (χ2n) is 2.80. The lowest BCUT2D eigenvalue weighted by molar-refractivity contribution is -0.213. The SMILES string of the molecule is CCC(=O)OOc1ccc(Cl)cc1C. The fourth-order valence-electron chi connectivity index (χ4n) is 0.857. The highest BCUT2D eigenvalue weighted by molar-refractivity contribution is 6.30. The minimum absolute atomic E-state index is 0.284. The molecule has 14 heavy (non-hydrogen) atoms. The Kier molecular flexibility index (Phi) is 3.77. The van der Waals surface area contributed by atoms with Crippen LogP contribution in [0.25, 0.3) is 0 Å². The Bertz CT molecular complexity index is 336. The fourth-order valence-corrected chi connectivity index (χ4v) is 1.08. The lowest BCUT2D eigenvalue weighted by Gasteiger charge is -2.05. The van der Waals surface area contributed by atoms with Crippen LogP contribution in [0, 0.1) is 6.92 Å². The molecule has 0 aliphatic rings. The van der Waals surface area contributed by atoms with Crippen LogP contribution in [0.1, 0.15) is 18.9 Å². The number of benzene rings is 1. The van der Waals surface area contributed by atoms with E-state index in [1.165, 1.54) is 0 Å². The van der Waals surface area contributed by atoms with Crippen LogP contribution in [0.5, 0.6) is 5.75 Å². The highest BCUT2D eigenvalue weighted by atomic mass is 35.5. The van der Waals surface area contributed by atoms with Crippen LogP contribution in [0.4, 0.5) is 0 Å². The molecule has 4 heteroatoms. The first-order valence-electron chi connectivity index (χ1n) is 4.27. The molecular formula is C10H11ClO3. The second-order valence-corrected chi connectivity index (χ2v) is 3.24. The van der Waals surface area contributed by atoms with Gasteiger partial charge in [-0.1, -0.05) is 18.5 Å². The number of hydrogen-bond donors (Lipinski definition) is 0. The van der Waals surface area contributed by atoms with Crippen molar-refractivity contribution in [2.75, 3.05) is 0 Å². The molecule has 1 aromatic carbocycles. The molecule has 0 heterocycles. The van der Waals surface area contributed by atoms with Gasteiger partial charge in [0.05, 0.1) is 0 Å². The molecule has 0 spiro atoms. The highest BCUT2D eigenvalue weighted by Gasteiger charge is 2.04. The van der Waals surface area contributed by atoms with Crippen molar-refractivity contribution in [1.82, 2.24) is 0 Å². The van der Waals surface area contributed by atoms with Crippen LogP contribution in [0.2, 0.25) is 5.02 Å². The van der Waals surface area contributed by atoms with Crippen molar-refractivity contribution in [3.05, 3.63) is 28.8 Å². The predicted octanol–water partition coefficient (Wildman–Crippen LogP) is 2.90. The number of rotatable bonds is 3. The van der Waals surface area contributed by atoms with Gasteiger partial charge in [-0.25, -0.2) is 4.79 Å². The highest BCUT2D eigenvalue weighted by Crippen LogP contribution is 2.21. The quantitative estimate of drug-likeness (QED) is 0.573. The smallest absolute Gasteiger partial charge is 0.287 e. The van der Waals surface area contributed by atoms with Crippen molar-refractivity contribution >= 4 is 17.6 Å². The van der Waals surface area contributed by atoms with E-state index in [0.717, 1.165) is 5.56 Å². The number of hydrogen-bond acceptors (Lipinski definition) is 3. The maximum atomic E-state index is 10.8. The van der Waals surface area contributed by atoms with E-state index in [9.17, 15) is 4.79 Å². The molecular weight excluding hydrogens is 204 g/mol. The molecule has 76 valence electrons. The first kappa shape index (κ1) is 10.9. The lowest BCUT2D eigenvalue weighted by atomic mass is 10.2. The monoisotopic (exact) mass is 214 g/mol. The van der Waals surface area contributed by atoms with Crippen molar-refractivity contribution < 1.29 is 14.6 Å². The van der Waals surface area contributed by atoms with Gasteiger partial charge in [-0.3, -0.25) is 9.78 Å². The van der Waals surface area contributed by atoms with Crippen LogP contribution in [-0.2, 0) is 9.68 Å². The Morgan fingerprint density at radius 1 is 1.50 bits per heavy atom. The molecule has 0 aliphatic carbocycles. The Morgan fingerprint density at radius 3 is 2.79 bits per heavy atom. The summed E-state index contributed by atoms with van der Waals surface area (Å²) in [4.78, 5) is 20.1. The molecule has 0 saturated carbocycles. The normalized spacial score (nSPS) is 9.64. The number of halogens is 1. The maximum absolute atomic E-state index is 10.8. The molecule has 0 aliphatic heterocycles. The molecule has 0 unspecified atom stereocenters. The van der Waals surface area contributed by atoms with Crippen molar-refractivity contribution in [1.29, 1.82) is 0 Å². The molecule has 0 aromatic heterocycles. The molecule has 1 aromatic rings. The first-order chi connectivity index (χ1) is 6.63. The summed E-state index contributed by atoms with van der Waals surface area (Å²) in [5.41, 5.74) is 0.821. The van der Waals surface area contributed by atoms with Crippen LogP contribution < -0.4 is 4.89 Å². The van der Waals surface area contributed by atoms with Crippen LogP contribution in [0.15, 0.2) is 18.2 Å². The summed E-state index contributed by atoms with van der Waals surface area (Å²) < 4.78 is 0. The van der Waals surface area contributed by atoms with E-state index < -0.39 is 5.97 Å². The zero-order valence-corrected chi connectivity index (χ0v) is 8.80. The van der Waals surface area contributed by atoms with Gasteiger partial charge in [-0.15, -0.1) is 0 Å². The van der Waals surface area contributed by atoms with Crippen molar-refractivity contribution in [3.63, 3.8) is 0 Å². The Balaban J connectivity index is 2.63. The van der Waals surface area contributed by atoms with Gasteiger partial charge in [0, 0.05) is 11.4 Å². The third-order valence-electron chi connectivity index (χ3n) is 1.65. The minimum Gasteiger partial charge on any atom is -0.287 e. The van der Waals surface area contributed by atoms with Crippen molar-refractivity contribution in [2.24, 2.45) is 0 Å². The molecule has 3 nitrogen and oxygen atoms in total. The largest absolute Gasteiger partial charge is 0.355 e. The number of carbonyl (C=O) groups is 1. The molecule has 0 radical (unpaired) electrons. The van der Waals surface area contributed by atoms with Gasteiger partial charge < -0.3 is 0 Å². The number of aryl methyl sites for hydroxylation is 1. The van der Waals surface area contributed by atoms with E-state index in [4.69, 9.17) is 16.5 Å². The van der Waals surface area contributed by atoms with Crippen molar-refractivity contribution in [2.45, 2.75) is 20.3 Å². The Hall–Kier alpha value is -1.22.